The van der Waals surface area contributed by atoms with Gasteiger partial charge in [0.2, 0.25) is 0 Å². The van der Waals surface area contributed by atoms with Crippen LogP contribution in [0, 0.1) is 13.8 Å². The number of nitrogens with one attached hydrogen (secondary N) is 1. The number of anilines is 3. The Bertz CT molecular complexity index is 653. The lowest BCUT2D eigenvalue weighted by Gasteiger charge is -2.35. The number of β-amino-alcohol motifs (C(OH)–C–C–N with tert-alkyl or cyclic N) is 1. The maximum Gasteiger partial charge on any atom is 0.188 e. The Morgan fingerprint density at radius 3 is 2.61 bits per heavy atom. The van der Waals surface area contributed by atoms with Crippen molar-refractivity contribution in [3.05, 3.63) is 23.0 Å². The van der Waals surface area contributed by atoms with Crippen molar-refractivity contribution in [2.24, 2.45) is 0 Å². The molecule has 3 rings (SSSR count). The summed E-state index contributed by atoms with van der Waals surface area (Å²) < 4.78 is 0. The maximum absolute atomic E-state index is 9.03. The van der Waals surface area contributed by atoms with Crippen LogP contribution in [0.3, 0.4) is 0 Å². The van der Waals surface area contributed by atoms with E-state index in [0.717, 1.165) is 61.0 Å². The number of aliphatic hydroxyl groups is 1. The summed E-state index contributed by atoms with van der Waals surface area (Å²) in [4.78, 5) is 18.0. The molecule has 0 amide bonds. The summed E-state index contributed by atoms with van der Waals surface area (Å²) in [6.45, 7) is 8.54. The molecule has 7 nitrogen and oxygen atoms in total. The molecular formula is C15H22N6OS. The predicted molar refractivity (Wildman–Crippen MR) is 92.6 cm³/mol. The maximum atomic E-state index is 9.03. The van der Waals surface area contributed by atoms with Crippen molar-refractivity contribution in [1.29, 1.82) is 0 Å². The minimum Gasteiger partial charge on any atom is -0.395 e. The van der Waals surface area contributed by atoms with Gasteiger partial charge in [0.25, 0.3) is 0 Å². The predicted octanol–water partition coefficient (Wildman–Crippen LogP) is 1.41. The van der Waals surface area contributed by atoms with Crippen molar-refractivity contribution >= 4 is 28.1 Å². The third kappa shape index (κ3) is 4.15. The van der Waals surface area contributed by atoms with Crippen LogP contribution in [0.25, 0.3) is 0 Å². The van der Waals surface area contributed by atoms with Crippen LogP contribution in [0.15, 0.2) is 11.4 Å². The quantitative estimate of drug-likeness (QED) is 0.856. The molecule has 1 aliphatic heterocycles. The van der Waals surface area contributed by atoms with Crippen molar-refractivity contribution in [3.8, 4) is 0 Å². The Hall–Kier alpha value is -1.77. The number of rotatable bonds is 5. The number of aryl methyl sites for hydroxylation is 2. The number of hydrogen-bond donors (Lipinski definition) is 2. The largest absolute Gasteiger partial charge is 0.395 e. The SMILES string of the molecule is Cc1csc(Nc2cc(N3CCN(CCO)CC3)nc(C)n2)n1. The molecule has 0 saturated carbocycles. The molecule has 3 heterocycles. The molecule has 0 radical (unpaired) electrons. The zero-order valence-corrected chi connectivity index (χ0v) is 14.3. The van der Waals surface area contributed by atoms with Crippen LogP contribution < -0.4 is 10.2 Å². The van der Waals surface area contributed by atoms with Gasteiger partial charge >= 0.3 is 0 Å². The van der Waals surface area contributed by atoms with Gasteiger partial charge in [0, 0.05) is 44.2 Å². The minimum absolute atomic E-state index is 0.216. The van der Waals surface area contributed by atoms with Crippen molar-refractivity contribution in [2.45, 2.75) is 13.8 Å². The Labute approximate surface area is 140 Å². The summed E-state index contributed by atoms with van der Waals surface area (Å²) >= 11 is 1.57. The number of thiazole rings is 1. The third-order valence-electron chi connectivity index (χ3n) is 3.79. The van der Waals surface area contributed by atoms with Gasteiger partial charge in [0.05, 0.1) is 12.3 Å². The molecule has 0 unspecified atom stereocenters. The molecule has 0 spiro atoms. The summed E-state index contributed by atoms with van der Waals surface area (Å²) in [5.41, 5.74) is 1.00. The van der Waals surface area contributed by atoms with Crippen LogP contribution in [0.2, 0.25) is 0 Å². The van der Waals surface area contributed by atoms with Gasteiger partial charge in [0.1, 0.15) is 17.5 Å². The Morgan fingerprint density at radius 2 is 1.96 bits per heavy atom. The van der Waals surface area contributed by atoms with Gasteiger partial charge in [0.15, 0.2) is 5.13 Å². The molecule has 1 saturated heterocycles. The molecule has 2 aromatic rings. The molecule has 1 fully saturated rings. The molecule has 2 N–H and O–H groups in total. The summed E-state index contributed by atoms with van der Waals surface area (Å²) in [7, 11) is 0. The van der Waals surface area contributed by atoms with E-state index >= 15 is 0 Å². The summed E-state index contributed by atoms with van der Waals surface area (Å²) in [6.07, 6.45) is 0. The first kappa shape index (κ1) is 16.1. The Morgan fingerprint density at radius 1 is 1.17 bits per heavy atom. The lowest BCUT2D eigenvalue weighted by molar-refractivity contribution is 0.188. The summed E-state index contributed by atoms with van der Waals surface area (Å²) in [5.74, 6) is 2.47. The lowest BCUT2D eigenvalue weighted by Crippen LogP contribution is -2.47. The molecule has 124 valence electrons. The average molecular weight is 334 g/mol. The molecule has 0 bridgehead atoms. The van der Waals surface area contributed by atoms with E-state index in [1.54, 1.807) is 11.3 Å². The number of nitrogens with zero attached hydrogens (tertiary/aromatic N) is 5. The van der Waals surface area contributed by atoms with Crippen LogP contribution in [-0.4, -0.2) is 64.3 Å². The fourth-order valence-corrected chi connectivity index (χ4v) is 3.34. The lowest BCUT2D eigenvalue weighted by atomic mass is 10.3. The van der Waals surface area contributed by atoms with Crippen LogP contribution in [0.5, 0.6) is 0 Å². The van der Waals surface area contributed by atoms with E-state index in [1.807, 2.05) is 25.3 Å². The monoisotopic (exact) mass is 334 g/mol. The number of aromatic nitrogens is 3. The average Bonchev–Trinajstić information content (AvgIpc) is 2.93. The first-order valence-corrected chi connectivity index (χ1v) is 8.65. The van der Waals surface area contributed by atoms with Crippen molar-refractivity contribution in [2.75, 3.05) is 49.5 Å². The topological polar surface area (TPSA) is 77.4 Å². The van der Waals surface area contributed by atoms with Gasteiger partial charge in [-0.05, 0) is 13.8 Å². The highest BCUT2D eigenvalue weighted by Gasteiger charge is 2.18. The zero-order valence-electron chi connectivity index (χ0n) is 13.5. The number of aliphatic hydroxyl groups excluding tert-OH is 1. The highest BCUT2D eigenvalue weighted by molar-refractivity contribution is 7.13. The van der Waals surface area contributed by atoms with Gasteiger partial charge in [-0.2, -0.15) is 0 Å². The van der Waals surface area contributed by atoms with E-state index in [0.29, 0.717) is 0 Å². The van der Waals surface area contributed by atoms with Gasteiger partial charge in [-0.3, -0.25) is 4.90 Å². The van der Waals surface area contributed by atoms with E-state index in [1.165, 1.54) is 0 Å². The molecule has 1 aliphatic rings. The van der Waals surface area contributed by atoms with Crippen LogP contribution in [0.4, 0.5) is 16.8 Å². The third-order valence-corrected chi connectivity index (χ3v) is 4.67. The number of piperazine rings is 1. The highest BCUT2D eigenvalue weighted by atomic mass is 32.1. The van der Waals surface area contributed by atoms with E-state index < -0.39 is 0 Å². The van der Waals surface area contributed by atoms with E-state index in [9.17, 15) is 0 Å². The van der Waals surface area contributed by atoms with Crippen LogP contribution >= 0.6 is 11.3 Å². The second-order valence-corrected chi connectivity index (χ2v) is 6.49. The normalized spacial score (nSPS) is 15.9. The second-order valence-electron chi connectivity index (χ2n) is 5.63. The van der Waals surface area contributed by atoms with Gasteiger partial charge in [-0.1, -0.05) is 0 Å². The highest BCUT2D eigenvalue weighted by Crippen LogP contribution is 2.23. The molecule has 23 heavy (non-hydrogen) atoms. The Balaban J connectivity index is 1.70. The van der Waals surface area contributed by atoms with Gasteiger partial charge in [-0.15, -0.1) is 11.3 Å². The molecule has 2 aromatic heterocycles. The Kier molecular flexibility index (Phi) is 5.04. The smallest absolute Gasteiger partial charge is 0.188 e. The van der Waals surface area contributed by atoms with Crippen LogP contribution in [0.1, 0.15) is 11.5 Å². The minimum atomic E-state index is 0.216. The van der Waals surface area contributed by atoms with E-state index in [2.05, 4.69) is 30.1 Å². The zero-order chi connectivity index (χ0) is 16.2. The second kappa shape index (κ2) is 7.20. The van der Waals surface area contributed by atoms with E-state index in [-0.39, 0.29) is 6.61 Å². The van der Waals surface area contributed by atoms with Gasteiger partial charge in [-0.25, -0.2) is 15.0 Å². The van der Waals surface area contributed by atoms with Gasteiger partial charge < -0.3 is 15.3 Å². The fourth-order valence-electron chi connectivity index (χ4n) is 2.64. The first-order valence-electron chi connectivity index (χ1n) is 7.77. The molecule has 0 aromatic carbocycles. The molecular weight excluding hydrogens is 312 g/mol. The number of hydrogen-bond acceptors (Lipinski definition) is 8. The summed E-state index contributed by atoms with van der Waals surface area (Å²) in [6, 6.07) is 1.98. The van der Waals surface area contributed by atoms with Crippen LogP contribution in [-0.2, 0) is 0 Å². The molecule has 0 atom stereocenters. The van der Waals surface area contributed by atoms with Crippen molar-refractivity contribution < 1.29 is 5.11 Å². The fraction of sp³-hybridized carbons (Fsp3) is 0.533. The standard InChI is InChI=1S/C15H22N6OS/c1-11-10-23-15(16-11)19-13-9-14(18-12(2)17-13)21-5-3-20(4-6-21)7-8-22/h9-10,22H,3-8H2,1-2H3,(H,16,17,18,19). The van der Waals surface area contributed by atoms with E-state index in [4.69, 9.17) is 5.11 Å². The first-order chi connectivity index (χ1) is 11.1. The summed E-state index contributed by atoms with van der Waals surface area (Å²) in [5, 5.41) is 15.1. The van der Waals surface area contributed by atoms with Crippen molar-refractivity contribution in [3.63, 3.8) is 0 Å². The molecule has 8 heteroatoms. The van der Waals surface area contributed by atoms with Crippen molar-refractivity contribution in [1.82, 2.24) is 19.9 Å². The molecule has 0 aliphatic carbocycles.